The predicted octanol–water partition coefficient (Wildman–Crippen LogP) is 1.29. The second-order valence-corrected chi connectivity index (χ2v) is 6.78. The highest BCUT2D eigenvalue weighted by Gasteiger charge is 2.31. The smallest absolute Gasteiger partial charge is 0.317 e. The lowest BCUT2D eigenvalue weighted by atomic mass is 10.2. The van der Waals surface area contributed by atoms with E-state index in [4.69, 9.17) is 0 Å². The van der Waals surface area contributed by atoms with Crippen molar-refractivity contribution < 1.29 is 4.79 Å². The number of hydrogen-bond acceptors (Lipinski definition) is 5. The quantitative estimate of drug-likeness (QED) is 0.907. The molecule has 2 heterocycles. The fourth-order valence-electron chi connectivity index (χ4n) is 3.23. The van der Waals surface area contributed by atoms with Crippen molar-refractivity contribution in [2.24, 2.45) is 5.92 Å². The summed E-state index contributed by atoms with van der Waals surface area (Å²) in [6.45, 7) is 4.88. The molecule has 8 nitrogen and oxygen atoms in total. The third-order valence-electron chi connectivity index (χ3n) is 4.98. The SMILES string of the molecule is C[C@H](NC(=O)N1CCN(c2nnnn2-c2ccccc2)CC1)C1CC1. The lowest BCUT2D eigenvalue weighted by Gasteiger charge is -2.35. The molecule has 1 saturated heterocycles. The van der Waals surface area contributed by atoms with E-state index < -0.39 is 0 Å². The van der Waals surface area contributed by atoms with Crippen molar-refractivity contribution in [3.8, 4) is 5.69 Å². The van der Waals surface area contributed by atoms with Gasteiger partial charge in [0, 0.05) is 32.2 Å². The van der Waals surface area contributed by atoms with Gasteiger partial charge in [-0.25, -0.2) is 4.79 Å². The fraction of sp³-hybridized carbons (Fsp3) is 0.529. The van der Waals surface area contributed by atoms with Gasteiger partial charge in [0.2, 0.25) is 5.95 Å². The molecule has 1 aromatic carbocycles. The molecule has 2 aromatic rings. The Bertz CT molecular complexity index is 720. The number of aromatic nitrogens is 4. The number of amides is 2. The van der Waals surface area contributed by atoms with Crippen LogP contribution in [-0.4, -0.2) is 63.4 Å². The minimum absolute atomic E-state index is 0.0432. The van der Waals surface area contributed by atoms with E-state index in [-0.39, 0.29) is 12.1 Å². The molecule has 0 spiro atoms. The number of piperazine rings is 1. The summed E-state index contributed by atoms with van der Waals surface area (Å²) in [5.41, 5.74) is 0.931. The number of anilines is 1. The lowest BCUT2D eigenvalue weighted by molar-refractivity contribution is 0.189. The molecule has 0 unspecified atom stereocenters. The van der Waals surface area contributed by atoms with Gasteiger partial charge in [-0.05, 0) is 48.2 Å². The van der Waals surface area contributed by atoms with E-state index in [1.165, 1.54) is 12.8 Å². The van der Waals surface area contributed by atoms with E-state index in [2.05, 4.69) is 32.7 Å². The lowest BCUT2D eigenvalue weighted by Crippen LogP contribution is -2.53. The van der Waals surface area contributed by atoms with E-state index in [0.717, 1.165) is 24.7 Å². The highest BCUT2D eigenvalue weighted by atomic mass is 16.2. The Morgan fingerprint density at radius 1 is 1.16 bits per heavy atom. The molecule has 1 aliphatic carbocycles. The molecule has 0 bridgehead atoms. The monoisotopic (exact) mass is 341 g/mol. The van der Waals surface area contributed by atoms with Crippen LogP contribution in [0.2, 0.25) is 0 Å². The standard InChI is InChI=1S/C17H23N7O/c1-13(14-7-8-14)18-17(25)23-11-9-22(10-12-23)16-19-20-21-24(16)15-5-3-2-4-6-15/h2-6,13-14H,7-12H2,1H3,(H,18,25)/t13-/m0/s1. The molecule has 2 fully saturated rings. The van der Waals surface area contributed by atoms with Crippen molar-refractivity contribution in [1.82, 2.24) is 30.4 Å². The Morgan fingerprint density at radius 3 is 2.56 bits per heavy atom. The Hall–Kier alpha value is -2.64. The first kappa shape index (κ1) is 15.9. The number of nitrogens with zero attached hydrogens (tertiary/aromatic N) is 6. The van der Waals surface area contributed by atoms with Crippen LogP contribution in [0.4, 0.5) is 10.7 Å². The van der Waals surface area contributed by atoms with Crippen molar-refractivity contribution >= 4 is 12.0 Å². The average molecular weight is 341 g/mol. The molecule has 8 heteroatoms. The van der Waals surface area contributed by atoms with Crippen LogP contribution in [0.5, 0.6) is 0 Å². The van der Waals surface area contributed by atoms with Crippen molar-refractivity contribution in [3.63, 3.8) is 0 Å². The number of hydrogen-bond donors (Lipinski definition) is 1. The maximum Gasteiger partial charge on any atom is 0.317 e. The van der Waals surface area contributed by atoms with Crippen molar-refractivity contribution in [1.29, 1.82) is 0 Å². The molecule has 1 aliphatic heterocycles. The van der Waals surface area contributed by atoms with E-state index in [0.29, 0.717) is 19.0 Å². The second kappa shape index (κ2) is 6.70. The zero-order valence-electron chi connectivity index (χ0n) is 14.4. The molecule has 1 saturated carbocycles. The molecular formula is C17H23N7O. The van der Waals surface area contributed by atoms with Gasteiger partial charge in [0.25, 0.3) is 0 Å². The minimum atomic E-state index is 0.0432. The number of carbonyl (C=O) groups is 1. The first-order valence-corrected chi connectivity index (χ1v) is 8.86. The maximum absolute atomic E-state index is 12.4. The number of tetrazole rings is 1. The summed E-state index contributed by atoms with van der Waals surface area (Å²) in [6.07, 6.45) is 2.47. The maximum atomic E-state index is 12.4. The second-order valence-electron chi connectivity index (χ2n) is 6.78. The van der Waals surface area contributed by atoms with Gasteiger partial charge < -0.3 is 15.1 Å². The summed E-state index contributed by atoms with van der Waals surface area (Å²) < 4.78 is 1.74. The number of nitrogens with one attached hydrogen (secondary N) is 1. The van der Waals surface area contributed by atoms with Crippen molar-refractivity contribution in [2.75, 3.05) is 31.1 Å². The van der Waals surface area contributed by atoms with Gasteiger partial charge >= 0.3 is 6.03 Å². The summed E-state index contributed by atoms with van der Waals surface area (Å²) in [4.78, 5) is 16.4. The van der Waals surface area contributed by atoms with Gasteiger partial charge in [0.05, 0.1) is 5.69 Å². The zero-order valence-corrected chi connectivity index (χ0v) is 14.4. The van der Waals surface area contributed by atoms with Crippen LogP contribution in [0.15, 0.2) is 30.3 Å². The van der Waals surface area contributed by atoms with Gasteiger partial charge in [-0.2, -0.15) is 4.68 Å². The molecule has 0 radical (unpaired) electrons. The Labute approximate surface area is 146 Å². The third-order valence-corrected chi connectivity index (χ3v) is 4.98. The Balaban J connectivity index is 1.38. The number of benzene rings is 1. The summed E-state index contributed by atoms with van der Waals surface area (Å²) in [7, 11) is 0. The van der Waals surface area contributed by atoms with Gasteiger partial charge in [-0.3, -0.25) is 0 Å². The molecule has 4 rings (SSSR count). The number of urea groups is 1. The van der Waals surface area contributed by atoms with Crippen LogP contribution in [0.25, 0.3) is 5.69 Å². The molecule has 1 aromatic heterocycles. The highest BCUT2D eigenvalue weighted by molar-refractivity contribution is 5.75. The molecule has 25 heavy (non-hydrogen) atoms. The van der Waals surface area contributed by atoms with Crippen LogP contribution in [0.1, 0.15) is 19.8 Å². The first-order valence-electron chi connectivity index (χ1n) is 8.86. The topological polar surface area (TPSA) is 79.2 Å². The first-order chi connectivity index (χ1) is 12.2. The molecular weight excluding hydrogens is 318 g/mol. The predicted molar refractivity (Wildman–Crippen MR) is 93.7 cm³/mol. The van der Waals surface area contributed by atoms with Gasteiger partial charge in [0.1, 0.15) is 0 Å². The molecule has 132 valence electrons. The zero-order chi connectivity index (χ0) is 17.2. The Kier molecular flexibility index (Phi) is 4.25. The van der Waals surface area contributed by atoms with Gasteiger partial charge in [-0.1, -0.05) is 23.3 Å². The van der Waals surface area contributed by atoms with E-state index in [1.54, 1.807) is 4.68 Å². The van der Waals surface area contributed by atoms with Crippen LogP contribution < -0.4 is 10.2 Å². The Morgan fingerprint density at radius 2 is 1.88 bits per heavy atom. The molecule has 2 amide bonds. The number of para-hydroxylation sites is 1. The van der Waals surface area contributed by atoms with Crippen molar-refractivity contribution in [3.05, 3.63) is 30.3 Å². The summed E-state index contributed by atoms with van der Waals surface area (Å²) in [5.74, 6) is 1.39. The highest BCUT2D eigenvalue weighted by Crippen LogP contribution is 2.32. The van der Waals surface area contributed by atoms with Crippen LogP contribution in [0, 0.1) is 5.92 Å². The minimum Gasteiger partial charge on any atom is -0.336 e. The average Bonchev–Trinajstić information content (AvgIpc) is 3.39. The largest absolute Gasteiger partial charge is 0.336 e. The van der Waals surface area contributed by atoms with Crippen LogP contribution in [-0.2, 0) is 0 Å². The molecule has 1 atom stereocenters. The van der Waals surface area contributed by atoms with E-state index in [9.17, 15) is 4.79 Å². The van der Waals surface area contributed by atoms with Crippen molar-refractivity contribution in [2.45, 2.75) is 25.8 Å². The fourth-order valence-corrected chi connectivity index (χ4v) is 3.23. The molecule has 1 N–H and O–H groups in total. The number of carbonyl (C=O) groups excluding carboxylic acids is 1. The number of rotatable bonds is 4. The molecule has 2 aliphatic rings. The summed E-state index contributed by atoms with van der Waals surface area (Å²) in [5, 5.41) is 15.2. The summed E-state index contributed by atoms with van der Waals surface area (Å²) >= 11 is 0. The summed E-state index contributed by atoms with van der Waals surface area (Å²) in [6, 6.07) is 10.2. The van der Waals surface area contributed by atoms with E-state index >= 15 is 0 Å². The van der Waals surface area contributed by atoms with E-state index in [1.807, 2.05) is 35.2 Å². The normalized spacial score (nSPS) is 18.9. The van der Waals surface area contributed by atoms with Crippen LogP contribution in [0.3, 0.4) is 0 Å². The third kappa shape index (κ3) is 3.42. The van der Waals surface area contributed by atoms with Crippen LogP contribution >= 0.6 is 0 Å². The van der Waals surface area contributed by atoms with Gasteiger partial charge in [0.15, 0.2) is 0 Å². The van der Waals surface area contributed by atoms with Gasteiger partial charge in [-0.15, -0.1) is 0 Å².